The van der Waals surface area contributed by atoms with Gasteiger partial charge in [-0.3, -0.25) is 10.2 Å². The van der Waals surface area contributed by atoms with Crippen molar-refractivity contribution in [3.63, 3.8) is 0 Å². The van der Waals surface area contributed by atoms with Gasteiger partial charge in [-0.15, -0.1) is 0 Å². The molecule has 0 spiro atoms. The third kappa shape index (κ3) is 2.23. The van der Waals surface area contributed by atoms with E-state index in [4.69, 9.17) is 4.42 Å². The van der Waals surface area contributed by atoms with Crippen molar-refractivity contribution < 1.29 is 9.21 Å². The molecule has 84 valence electrons. The molecule has 0 fully saturated rings. The van der Waals surface area contributed by atoms with Gasteiger partial charge in [-0.25, -0.2) is 5.43 Å². The van der Waals surface area contributed by atoms with Gasteiger partial charge in [0, 0.05) is 18.9 Å². The van der Waals surface area contributed by atoms with E-state index in [0.29, 0.717) is 12.8 Å². The van der Waals surface area contributed by atoms with Crippen molar-refractivity contribution in [3.8, 4) is 0 Å². The number of hydrogen-bond donors (Lipinski definition) is 2. The van der Waals surface area contributed by atoms with E-state index in [1.54, 1.807) is 13.3 Å². The van der Waals surface area contributed by atoms with Gasteiger partial charge in [0.2, 0.25) is 5.91 Å². The summed E-state index contributed by atoms with van der Waals surface area (Å²) in [6, 6.07) is 7.83. The lowest BCUT2D eigenvalue weighted by molar-refractivity contribution is -0.121. The zero-order valence-electron chi connectivity index (χ0n) is 9.12. The Hall–Kier alpha value is -1.81. The molecule has 1 aromatic heterocycles. The number of amides is 1. The van der Waals surface area contributed by atoms with Crippen molar-refractivity contribution in [2.75, 3.05) is 7.05 Å². The molecule has 0 unspecified atom stereocenters. The molecule has 0 saturated heterocycles. The number of fused-ring (bicyclic) bond motifs is 1. The first-order valence-corrected chi connectivity index (χ1v) is 5.22. The van der Waals surface area contributed by atoms with E-state index in [1.165, 1.54) is 0 Å². The maximum absolute atomic E-state index is 11.3. The highest BCUT2D eigenvalue weighted by atomic mass is 16.3. The minimum Gasteiger partial charge on any atom is -0.464 e. The number of hydrazine groups is 1. The topological polar surface area (TPSA) is 54.3 Å². The summed E-state index contributed by atoms with van der Waals surface area (Å²) in [4.78, 5) is 11.3. The Morgan fingerprint density at radius 1 is 1.38 bits per heavy atom. The first-order valence-electron chi connectivity index (χ1n) is 5.22. The van der Waals surface area contributed by atoms with Crippen molar-refractivity contribution in [1.82, 2.24) is 10.9 Å². The number of rotatable bonds is 4. The average molecular weight is 218 g/mol. The third-order valence-corrected chi connectivity index (χ3v) is 2.45. The van der Waals surface area contributed by atoms with Gasteiger partial charge in [0.1, 0.15) is 5.58 Å². The van der Waals surface area contributed by atoms with E-state index in [2.05, 4.69) is 10.9 Å². The fourth-order valence-electron chi connectivity index (χ4n) is 1.68. The fourth-order valence-corrected chi connectivity index (χ4v) is 1.68. The molecule has 0 aliphatic heterocycles. The molecule has 0 aliphatic rings. The van der Waals surface area contributed by atoms with Crippen molar-refractivity contribution in [2.24, 2.45) is 0 Å². The molecule has 1 aromatic carbocycles. The first-order chi connectivity index (χ1) is 7.81. The molecular weight excluding hydrogens is 204 g/mol. The van der Waals surface area contributed by atoms with E-state index in [0.717, 1.165) is 16.5 Å². The highest BCUT2D eigenvalue weighted by molar-refractivity contribution is 5.82. The normalized spacial score (nSPS) is 10.6. The third-order valence-electron chi connectivity index (χ3n) is 2.45. The predicted molar refractivity (Wildman–Crippen MR) is 61.7 cm³/mol. The van der Waals surface area contributed by atoms with E-state index in [1.807, 2.05) is 24.3 Å². The molecule has 16 heavy (non-hydrogen) atoms. The molecule has 0 saturated carbocycles. The molecule has 0 aliphatic carbocycles. The number of aryl methyl sites for hydroxylation is 1. The number of furan rings is 1. The van der Waals surface area contributed by atoms with Crippen LogP contribution in [0.5, 0.6) is 0 Å². The second-order valence-corrected chi connectivity index (χ2v) is 3.56. The lowest BCUT2D eigenvalue weighted by Gasteiger charge is -2.01. The maximum atomic E-state index is 11.3. The Labute approximate surface area is 93.6 Å². The van der Waals surface area contributed by atoms with E-state index >= 15 is 0 Å². The minimum atomic E-state index is -0.0206. The molecule has 2 rings (SSSR count). The number of benzene rings is 1. The molecule has 2 aromatic rings. The van der Waals surface area contributed by atoms with E-state index in [9.17, 15) is 4.79 Å². The van der Waals surface area contributed by atoms with Crippen molar-refractivity contribution in [3.05, 3.63) is 36.1 Å². The number of para-hydroxylation sites is 1. The maximum Gasteiger partial charge on any atom is 0.234 e. The van der Waals surface area contributed by atoms with Crippen LogP contribution in [0.25, 0.3) is 11.0 Å². The van der Waals surface area contributed by atoms with Crippen LogP contribution in [0.1, 0.15) is 12.0 Å². The van der Waals surface area contributed by atoms with Gasteiger partial charge in [-0.1, -0.05) is 18.2 Å². The average Bonchev–Trinajstić information content (AvgIpc) is 2.70. The number of hydrogen-bond acceptors (Lipinski definition) is 3. The summed E-state index contributed by atoms with van der Waals surface area (Å²) in [6.07, 6.45) is 2.85. The smallest absolute Gasteiger partial charge is 0.234 e. The molecule has 4 nitrogen and oxygen atoms in total. The van der Waals surface area contributed by atoms with Crippen LogP contribution in [0.4, 0.5) is 0 Å². The van der Waals surface area contributed by atoms with E-state index in [-0.39, 0.29) is 5.91 Å². The monoisotopic (exact) mass is 218 g/mol. The molecule has 1 amide bonds. The van der Waals surface area contributed by atoms with Gasteiger partial charge >= 0.3 is 0 Å². The Kier molecular flexibility index (Phi) is 3.22. The van der Waals surface area contributed by atoms with E-state index < -0.39 is 0 Å². The van der Waals surface area contributed by atoms with Crippen LogP contribution >= 0.6 is 0 Å². The van der Waals surface area contributed by atoms with Crippen molar-refractivity contribution in [2.45, 2.75) is 12.8 Å². The number of carbonyl (C=O) groups is 1. The Morgan fingerprint density at radius 2 is 2.19 bits per heavy atom. The molecular formula is C12H14N2O2. The summed E-state index contributed by atoms with van der Waals surface area (Å²) < 4.78 is 5.39. The van der Waals surface area contributed by atoms with Gasteiger partial charge in [0.25, 0.3) is 0 Å². The van der Waals surface area contributed by atoms with Crippen LogP contribution in [0.15, 0.2) is 34.9 Å². The Morgan fingerprint density at radius 3 is 3.00 bits per heavy atom. The summed E-state index contributed by atoms with van der Waals surface area (Å²) in [5.74, 6) is -0.0206. The molecule has 2 N–H and O–H groups in total. The summed E-state index contributed by atoms with van der Waals surface area (Å²) in [7, 11) is 1.67. The van der Waals surface area contributed by atoms with Gasteiger partial charge in [0.05, 0.1) is 6.26 Å². The number of nitrogens with one attached hydrogen (secondary N) is 2. The minimum absolute atomic E-state index is 0.0206. The first kappa shape index (κ1) is 10.7. The summed E-state index contributed by atoms with van der Waals surface area (Å²) >= 11 is 0. The highest BCUT2D eigenvalue weighted by Gasteiger charge is 2.07. The largest absolute Gasteiger partial charge is 0.464 e. The fraction of sp³-hybridized carbons (Fsp3) is 0.250. The standard InChI is InChI=1S/C12H14N2O2/c1-13-14-12(15)7-6-9-8-16-11-5-3-2-4-10(9)11/h2-5,8,13H,6-7H2,1H3,(H,14,15). The Bertz CT molecular complexity index is 490. The van der Waals surface area contributed by atoms with Crippen LogP contribution in [-0.4, -0.2) is 13.0 Å². The molecule has 0 radical (unpaired) electrons. The molecule has 1 heterocycles. The SMILES string of the molecule is CNNC(=O)CCc1coc2ccccc12. The van der Waals surface area contributed by atoms with Gasteiger partial charge in [-0.05, 0) is 18.1 Å². The van der Waals surface area contributed by atoms with Crippen LogP contribution < -0.4 is 10.9 Å². The highest BCUT2D eigenvalue weighted by Crippen LogP contribution is 2.21. The van der Waals surface area contributed by atoms with Gasteiger partial charge < -0.3 is 4.42 Å². The summed E-state index contributed by atoms with van der Waals surface area (Å²) in [5, 5.41) is 1.08. The van der Waals surface area contributed by atoms with Crippen LogP contribution in [0.2, 0.25) is 0 Å². The second kappa shape index (κ2) is 4.81. The summed E-state index contributed by atoms with van der Waals surface area (Å²) in [5.41, 5.74) is 7.09. The van der Waals surface area contributed by atoms with Crippen LogP contribution in [0.3, 0.4) is 0 Å². The second-order valence-electron chi connectivity index (χ2n) is 3.56. The lowest BCUT2D eigenvalue weighted by Crippen LogP contribution is -2.34. The van der Waals surface area contributed by atoms with Crippen LogP contribution in [-0.2, 0) is 11.2 Å². The van der Waals surface area contributed by atoms with Crippen molar-refractivity contribution >= 4 is 16.9 Å². The van der Waals surface area contributed by atoms with Crippen LogP contribution in [0, 0.1) is 0 Å². The van der Waals surface area contributed by atoms with Crippen molar-refractivity contribution in [1.29, 1.82) is 0 Å². The quantitative estimate of drug-likeness (QED) is 0.767. The Balaban J connectivity index is 2.07. The van der Waals surface area contributed by atoms with Gasteiger partial charge in [-0.2, -0.15) is 0 Å². The lowest BCUT2D eigenvalue weighted by atomic mass is 10.1. The zero-order valence-corrected chi connectivity index (χ0v) is 9.12. The molecule has 0 bridgehead atoms. The zero-order chi connectivity index (χ0) is 11.4. The van der Waals surface area contributed by atoms with Gasteiger partial charge in [0.15, 0.2) is 0 Å². The summed E-state index contributed by atoms with van der Waals surface area (Å²) in [6.45, 7) is 0. The predicted octanol–water partition coefficient (Wildman–Crippen LogP) is 1.62. The molecule has 4 heteroatoms. The molecule has 0 atom stereocenters. The number of carbonyl (C=O) groups excluding carboxylic acids is 1.